The molecule has 10 atom stereocenters. The van der Waals surface area contributed by atoms with Crippen LogP contribution in [0.3, 0.4) is 0 Å². The molecule has 6 aliphatic carbocycles. The van der Waals surface area contributed by atoms with E-state index in [1.54, 1.807) is 116 Å². The largest absolute Gasteiger partial charge is 0.0530 e. The van der Waals surface area contributed by atoms with Gasteiger partial charge < -0.3 is 0 Å². The minimum atomic E-state index is 1.14. The predicted molar refractivity (Wildman–Crippen MR) is 118 cm³/mol. The third kappa shape index (κ3) is 3.13. The van der Waals surface area contributed by atoms with Crippen LogP contribution in [0.25, 0.3) is 0 Å². The van der Waals surface area contributed by atoms with Crippen LogP contribution >= 0.6 is 0 Å². The summed E-state index contributed by atoms with van der Waals surface area (Å²) >= 11 is 0. The lowest BCUT2D eigenvalue weighted by Gasteiger charge is -2.61. The normalized spacial score (nSPS) is 54.0. The molecule has 6 rings (SSSR count). The second-order valence-electron chi connectivity index (χ2n) is 12.5. The molecule has 2 unspecified atom stereocenters. The molecule has 0 heterocycles. The van der Waals surface area contributed by atoms with Crippen molar-refractivity contribution in [3.8, 4) is 0 Å². The number of hydrogen-bond acceptors (Lipinski definition) is 0. The van der Waals surface area contributed by atoms with E-state index < -0.39 is 0 Å². The van der Waals surface area contributed by atoms with Gasteiger partial charge in [-0.1, -0.05) is 77.0 Å². The number of fused-ring (bicyclic) bond motifs is 4. The highest BCUT2D eigenvalue weighted by molar-refractivity contribution is 5.04. The molecule has 0 aromatic rings. The first-order chi connectivity index (χ1) is 13.9. The Bertz CT molecular complexity index is 444. The van der Waals surface area contributed by atoms with Crippen molar-refractivity contribution in [1.29, 1.82) is 0 Å². The zero-order valence-electron chi connectivity index (χ0n) is 18.5. The summed E-state index contributed by atoms with van der Waals surface area (Å²) in [5.74, 6) is 11.5. The van der Waals surface area contributed by atoms with Gasteiger partial charge in [-0.3, -0.25) is 0 Å². The fourth-order valence-electron chi connectivity index (χ4n) is 10.7. The molecule has 0 N–H and O–H groups in total. The highest BCUT2D eigenvalue weighted by atomic mass is 14.6. The van der Waals surface area contributed by atoms with E-state index in [0.29, 0.717) is 0 Å². The lowest BCUT2D eigenvalue weighted by molar-refractivity contribution is -0.120. The van der Waals surface area contributed by atoms with Crippen molar-refractivity contribution >= 4 is 0 Å². The van der Waals surface area contributed by atoms with Crippen molar-refractivity contribution in [3.05, 3.63) is 0 Å². The first-order valence-electron chi connectivity index (χ1n) is 13.9. The van der Waals surface area contributed by atoms with Gasteiger partial charge >= 0.3 is 0 Å². The first kappa shape index (κ1) is 18.7. The second-order valence-corrected chi connectivity index (χ2v) is 12.5. The highest BCUT2D eigenvalue weighted by Gasteiger charge is 2.55. The van der Waals surface area contributed by atoms with Crippen molar-refractivity contribution in [1.82, 2.24) is 0 Å². The fraction of sp³-hybridized carbons (Fsp3) is 1.00. The molecule has 6 aliphatic rings. The number of rotatable bonds is 1. The summed E-state index contributed by atoms with van der Waals surface area (Å²) in [6.45, 7) is 0. The van der Waals surface area contributed by atoms with E-state index in [1.165, 1.54) is 11.8 Å². The predicted octanol–water partition coefficient (Wildman–Crippen LogP) is 8.25. The van der Waals surface area contributed by atoms with Gasteiger partial charge in [0.05, 0.1) is 0 Å². The maximum absolute atomic E-state index is 1.65. The Hall–Kier alpha value is 0. The molecule has 6 fully saturated rings. The van der Waals surface area contributed by atoms with Crippen molar-refractivity contribution < 1.29 is 0 Å². The molecule has 28 heavy (non-hydrogen) atoms. The van der Waals surface area contributed by atoms with E-state index in [2.05, 4.69) is 0 Å². The standard InChI is InChI=1S/C28H46/c1-5-13-23-19(9-1)17-20-10-2-6-14-24(20)27(23)28-25-15-7-3-11-21(25)18-22-12-4-8-16-26(22)28/h19-28H,1-18H2/t19-,20-,21-,22+,23-,24+,25+,26+,27?,28?/m1/s1. The van der Waals surface area contributed by atoms with E-state index in [1.807, 2.05) is 0 Å². The van der Waals surface area contributed by atoms with Gasteiger partial charge in [-0.15, -0.1) is 0 Å². The Morgan fingerprint density at radius 1 is 0.286 bits per heavy atom. The maximum Gasteiger partial charge on any atom is -0.0318 e. The van der Waals surface area contributed by atoms with Gasteiger partial charge in [0.25, 0.3) is 0 Å². The smallest absolute Gasteiger partial charge is 0.0318 e. The molecule has 0 spiro atoms. The zero-order chi connectivity index (χ0) is 18.5. The monoisotopic (exact) mass is 382 g/mol. The zero-order valence-corrected chi connectivity index (χ0v) is 18.5. The van der Waals surface area contributed by atoms with Crippen LogP contribution in [0.4, 0.5) is 0 Å². The summed E-state index contributed by atoms with van der Waals surface area (Å²) in [5, 5.41) is 0. The Kier molecular flexibility index (Phi) is 5.30. The lowest BCUT2D eigenvalue weighted by Crippen LogP contribution is -2.54. The van der Waals surface area contributed by atoms with Crippen LogP contribution in [-0.4, -0.2) is 0 Å². The molecule has 0 bridgehead atoms. The Morgan fingerprint density at radius 3 is 0.821 bits per heavy atom. The van der Waals surface area contributed by atoms with Crippen molar-refractivity contribution in [2.45, 2.75) is 116 Å². The minimum absolute atomic E-state index is 1.14. The van der Waals surface area contributed by atoms with Crippen LogP contribution in [-0.2, 0) is 0 Å². The second kappa shape index (κ2) is 7.92. The third-order valence-corrected chi connectivity index (χ3v) is 11.5. The molecular formula is C28H46. The summed E-state index contributed by atoms with van der Waals surface area (Å²) in [5.41, 5.74) is 0. The van der Waals surface area contributed by atoms with Crippen molar-refractivity contribution in [3.63, 3.8) is 0 Å². The van der Waals surface area contributed by atoms with Crippen LogP contribution in [0, 0.1) is 59.2 Å². The highest BCUT2D eigenvalue weighted by Crippen LogP contribution is 2.63. The van der Waals surface area contributed by atoms with Crippen LogP contribution in [0.5, 0.6) is 0 Å². The minimum Gasteiger partial charge on any atom is -0.0530 e. The molecule has 0 aromatic carbocycles. The van der Waals surface area contributed by atoms with Crippen LogP contribution in [0.2, 0.25) is 0 Å². The molecular weight excluding hydrogens is 336 g/mol. The molecule has 0 aliphatic heterocycles. The fourth-order valence-corrected chi connectivity index (χ4v) is 10.7. The Labute approximate surface area is 175 Å². The van der Waals surface area contributed by atoms with E-state index in [-0.39, 0.29) is 0 Å². The average Bonchev–Trinajstić information content (AvgIpc) is 2.76. The van der Waals surface area contributed by atoms with Gasteiger partial charge in [0.2, 0.25) is 0 Å². The Morgan fingerprint density at radius 2 is 0.536 bits per heavy atom. The van der Waals surface area contributed by atoms with E-state index in [0.717, 1.165) is 47.3 Å². The van der Waals surface area contributed by atoms with Gasteiger partial charge in [-0.05, 0) is 97.7 Å². The van der Waals surface area contributed by atoms with E-state index in [4.69, 9.17) is 0 Å². The summed E-state index contributed by atoms with van der Waals surface area (Å²) in [4.78, 5) is 0. The van der Waals surface area contributed by atoms with Gasteiger partial charge in [0.15, 0.2) is 0 Å². The van der Waals surface area contributed by atoms with Crippen LogP contribution in [0.15, 0.2) is 0 Å². The summed E-state index contributed by atoms with van der Waals surface area (Å²) in [7, 11) is 0. The van der Waals surface area contributed by atoms with Gasteiger partial charge in [-0.25, -0.2) is 0 Å². The van der Waals surface area contributed by atoms with E-state index in [9.17, 15) is 0 Å². The van der Waals surface area contributed by atoms with Crippen molar-refractivity contribution in [2.75, 3.05) is 0 Å². The summed E-state index contributed by atoms with van der Waals surface area (Å²) in [6, 6.07) is 0. The lowest BCUT2D eigenvalue weighted by atomic mass is 9.44. The van der Waals surface area contributed by atoms with Crippen LogP contribution < -0.4 is 0 Å². The first-order valence-corrected chi connectivity index (χ1v) is 13.9. The summed E-state index contributed by atoms with van der Waals surface area (Å²) in [6.07, 6.45) is 28.8. The average molecular weight is 383 g/mol. The molecule has 0 amide bonds. The molecule has 158 valence electrons. The molecule has 0 radical (unpaired) electrons. The molecule has 0 heteroatoms. The van der Waals surface area contributed by atoms with Gasteiger partial charge in [-0.2, -0.15) is 0 Å². The maximum atomic E-state index is 1.65. The van der Waals surface area contributed by atoms with Crippen molar-refractivity contribution in [2.24, 2.45) is 59.2 Å². The Balaban J connectivity index is 1.38. The van der Waals surface area contributed by atoms with E-state index >= 15 is 0 Å². The SMILES string of the molecule is C1CC[C@@H]2C(C3[C@H]4CCCC[C@@H]4C[C@H]4CCCC[C@@H]34)[C@H]3CCCC[C@H]3C[C@H]2C1. The molecule has 0 aromatic heterocycles. The summed E-state index contributed by atoms with van der Waals surface area (Å²) < 4.78 is 0. The topological polar surface area (TPSA) is 0 Å². The molecule has 0 nitrogen and oxygen atoms in total. The third-order valence-electron chi connectivity index (χ3n) is 11.5. The number of hydrogen-bond donors (Lipinski definition) is 0. The quantitative estimate of drug-likeness (QED) is 0.428. The van der Waals surface area contributed by atoms with Gasteiger partial charge in [0.1, 0.15) is 0 Å². The van der Waals surface area contributed by atoms with Gasteiger partial charge in [0, 0.05) is 0 Å². The molecule has 6 saturated carbocycles. The molecule has 0 saturated heterocycles. The van der Waals surface area contributed by atoms with Crippen LogP contribution in [0.1, 0.15) is 116 Å².